The van der Waals surface area contributed by atoms with Crippen LogP contribution in [0.5, 0.6) is 0 Å². The van der Waals surface area contributed by atoms with Gasteiger partial charge >= 0.3 is 6.09 Å². The van der Waals surface area contributed by atoms with Crippen molar-refractivity contribution in [1.29, 1.82) is 0 Å². The number of carbonyl (C=O) groups is 3. The summed E-state index contributed by atoms with van der Waals surface area (Å²) in [4.78, 5) is 38.3. The van der Waals surface area contributed by atoms with Crippen LogP contribution in [0.1, 0.15) is 12.8 Å². The van der Waals surface area contributed by atoms with Gasteiger partial charge in [0.1, 0.15) is 6.17 Å². The van der Waals surface area contributed by atoms with Gasteiger partial charge in [0, 0.05) is 0 Å². The molecule has 5 atom stereocenters. The molecule has 22 heavy (non-hydrogen) atoms. The highest BCUT2D eigenvalue weighted by atomic mass is 32.2. The van der Waals surface area contributed by atoms with Gasteiger partial charge in [0.05, 0.1) is 18.9 Å². The first kappa shape index (κ1) is 15.4. The number of rotatable bonds is 5. The molecule has 0 radical (unpaired) electrons. The maximum atomic E-state index is 12.7. The summed E-state index contributed by atoms with van der Waals surface area (Å²) in [5.41, 5.74) is 0. The van der Waals surface area contributed by atoms with Gasteiger partial charge in [-0.1, -0.05) is 12.2 Å². The number of hydrogen-bond donors (Lipinski definition) is 1. The van der Waals surface area contributed by atoms with E-state index in [1.165, 1.54) is 12.0 Å². The quantitative estimate of drug-likeness (QED) is 0.608. The molecule has 5 unspecified atom stereocenters. The summed E-state index contributed by atoms with van der Waals surface area (Å²) >= 11 is 1.61. The highest BCUT2D eigenvalue weighted by molar-refractivity contribution is 7.98. The van der Waals surface area contributed by atoms with Gasteiger partial charge in [-0.15, -0.1) is 0 Å². The first-order valence-electron chi connectivity index (χ1n) is 7.47. The van der Waals surface area contributed by atoms with Crippen LogP contribution in [0.3, 0.4) is 0 Å². The van der Waals surface area contributed by atoms with Gasteiger partial charge in [-0.3, -0.25) is 14.5 Å². The number of carbonyl (C=O) groups excluding carboxylic acids is 3. The number of methoxy groups -OCH3 is 1. The minimum absolute atomic E-state index is 0.144. The zero-order chi connectivity index (χ0) is 15.9. The first-order valence-corrected chi connectivity index (χ1v) is 8.86. The normalized spacial score (nSPS) is 33.3. The number of allylic oxidation sites excluding steroid dienone is 2. The number of amides is 3. The topological polar surface area (TPSA) is 75.7 Å². The SMILES string of the molecule is COC(=O)NC(CCSC)N1C(=O)C2C3C=CC(C3)C2C1=O. The standard InChI is InChI=1S/C15H20N2O4S/c1-21-15(20)16-10(5-6-22-2)17-13(18)11-8-3-4-9(7-8)12(11)14(17)19/h3-4,8-12H,5-7H2,1-2H3,(H,16,20). The minimum atomic E-state index is -0.621. The zero-order valence-electron chi connectivity index (χ0n) is 12.7. The molecule has 1 heterocycles. The van der Waals surface area contributed by atoms with E-state index in [9.17, 15) is 14.4 Å². The molecule has 3 amide bonds. The monoisotopic (exact) mass is 324 g/mol. The van der Waals surface area contributed by atoms with Crippen LogP contribution in [-0.4, -0.2) is 48.1 Å². The molecule has 3 rings (SSSR count). The van der Waals surface area contributed by atoms with Gasteiger partial charge in [0.2, 0.25) is 11.8 Å². The van der Waals surface area contributed by atoms with E-state index in [4.69, 9.17) is 0 Å². The molecule has 1 saturated heterocycles. The Morgan fingerprint density at radius 1 is 1.36 bits per heavy atom. The Labute approximate surface area is 133 Å². The summed E-state index contributed by atoms with van der Waals surface area (Å²) in [6.45, 7) is 0. The van der Waals surface area contributed by atoms with Crippen molar-refractivity contribution < 1.29 is 19.1 Å². The predicted octanol–water partition coefficient (Wildman–Crippen LogP) is 1.23. The maximum Gasteiger partial charge on any atom is 0.408 e. The molecule has 7 heteroatoms. The number of ether oxygens (including phenoxy) is 1. The van der Waals surface area contributed by atoms with E-state index >= 15 is 0 Å². The van der Waals surface area contributed by atoms with E-state index in [1.807, 2.05) is 6.26 Å². The average Bonchev–Trinajstić information content (AvgIpc) is 3.18. The van der Waals surface area contributed by atoms with E-state index in [-0.39, 0.29) is 35.5 Å². The Balaban J connectivity index is 1.81. The summed E-state index contributed by atoms with van der Waals surface area (Å²) in [5, 5.41) is 2.63. The first-order chi connectivity index (χ1) is 10.6. The van der Waals surface area contributed by atoms with Gasteiger partial charge in [-0.2, -0.15) is 11.8 Å². The van der Waals surface area contributed by atoms with Crippen molar-refractivity contribution in [1.82, 2.24) is 10.2 Å². The lowest BCUT2D eigenvalue weighted by atomic mass is 9.85. The van der Waals surface area contributed by atoms with Crippen LogP contribution in [0.2, 0.25) is 0 Å². The number of alkyl carbamates (subject to hydrolysis) is 1. The third kappa shape index (κ3) is 2.31. The summed E-state index contributed by atoms with van der Waals surface area (Å²) in [6, 6.07) is 0. The fourth-order valence-electron chi connectivity index (χ4n) is 3.92. The molecule has 0 aromatic rings. The molecule has 2 bridgehead atoms. The van der Waals surface area contributed by atoms with Crippen LogP contribution < -0.4 is 5.32 Å². The van der Waals surface area contributed by atoms with Crippen LogP contribution in [0.25, 0.3) is 0 Å². The predicted molar refractivity (Wildman–Crippen MR) is 81.9 cm³/mol. The number of fused-ring (bicyclic) bond motifs is 5. The van der Waals surface area contributed by atoms with Gasteiger partial charge in [-0.25, -0.2) is 4.79 Å². The number of likely N-dealkylation sites (tertiary alicyclic amines) is 1. The summed E-state index contributed by atoms with van der Waals surface area (Å²) in [7, 11) is 1.27. The second-order valence-corrected chi connectivity index (χ2v) is 6.97. The molecule has 2 aliphatic carbocycles. The van der Waals surface area contributed by atoms with Crippen molar-refractivity contribution in [2.45, 2.75) is 19.0 Å². The van der Waals surface area contributed by atoms with Crippen molar-refractivity contribution in [2.75, 3.05) is 19.1 Å². The van der Waals surface area contributed by atoms with E-state index in [0.29, 0.717) is 6.42 Å². The second kappa shape index (κ2) is 5.95. The van der Waals surface area contributed by atoms with Crippen LogP contribution in [0.15, 0.2) is 12.2 Å². The summed E-state index contributed by atoms with van der Waals surface area (Å²) in [6.07, 6.45) is 6.25. The number of nitrogens with one attached hydrogen (secondary N) is 1. The Morgan fingerprint density at radius 3 is 2.45 bits per heavy atom. The van der Waals surface area contributed by atoms with Crippen LogP contribution in [-0.2, 0) is 14.3 Å². The molecular formula is C15H20N2O4S. The van der Waals surface area contributed by atoms with E-state index < -0.39 is 12.3 Å². The lowest BCUT2D eigenvalue weighted by Gasteiger charge is -2.27. The van der Waals surface area contributed by atoms with Gasteiger partial charge in [0.15, 0.2) is 0 Å². The fraction of sp³-hybridized carbons (Fsp3) is 0.667. The molecule has 3 aliphatic rings. The van der Waals surface area contributed by atoms with E-state index in [1.54, 1.807) is 11.8 Å². The largest absolute Gasteiger partial charge is 0.453 e. The number of nitrogens with zero attached hydrogens (tertiary/aromatic N) is 1. The molecule has 6 nitrogen and oxygen atoms in total. The third-order valence-corrected chi connectivity index (χ3v) is 5.53. The Kier molecular flexibility index (Phi) is 4.16. The van der Waals surface area contributed by atoms with Gasteiger partial charge < -0.3 is 10.1 Å². The Morgan fingerprint density at radius 2 is 1.95 bits per heavy atom. The number of thioether (sulfide) groups is 1. The average molecular weight is 324 g/mol. The third-order valence-electron chi connectivity index (χ3n) is 4.88. The van der Waals surface area contributed by atoms with Crippen molar-refractivity contribution in [3.05, 3.63) is 12.2 Å². The van der Waals surface area contributed by atoms with E-state index in [0.717, 1.165) is 12.2 Å². The summed E-state index contributed by atoms with van der Waals surface area (Å²) in [5.74, 6) is 0.333. The molecule has 1 N–H and O–H groups in total. The molecule has 1 saturated carbocycles. The van der Waals surface area contributed by atoms with Crippen molar-refractivity contribution in [3.8, 4) is 0 Å². The number of imide groups is 1. The van der Waals surface area contributed by atoms with Crippen molar-refractivity contribution in [2.24, 2.45) is 23.7 Å². The number of hydrogen-bond acceptors (Lipinski definition) is 5. The molecular weight excluding hydrogens is 304 g/mol. The molecule has 0 aromatic heterocycles. The van der Waals surface area contributed by atoms with Crippen LogP contribution in [0.4, 0.5) is 4.79 Å². The van der Waals surface area contributed by atoms with Crippen LogP contribution in [0, 0.1) is 23.7 Å². The smallest absolute Gasteiger partial charge is 0.408 e. The molecule has 0 aromatic carbocycles. The fourth-order valence-corrected chi connectivity index (χ4v) is 4.38. The maximum absolute atomic E-state index is 12.7. The Bertz CT molecular complexity index is 506. The highest BCUT2D eigenvalue weighted by Crippen LogP contribution is 2.52. The summed E-state index contributed by atoms with van der Waals surface area (Å²) < 4.78 is 4.62. The molecule has 0 spiro atoms. The van der Waals surface area contributed by atoms with Crippen LogP contribution >= 0.6 is 11.8 Å². The molecule has 1 aliphatic heterocycles. The second-order valence-electron chi connectivity index (χ2n) is 5.98. The molecule has 120 valence electrons. The van der Waals surface area contributed by atoms with Gasteiger partial charge in [0.25, 0.3) is 0 Å². The lowest BCUT2D eigenvalue weighted by Crippen LogP contribution is -2.52. The van der Waals surface area contributed by atoms with E-state index in [2.05, 4.69) is 22.2 Å². The Hall–Kier alpha value is -1.50. The zero-order valence-corrected chi connectivity index (χ0v) is 13.5. The highest BCUT2D eigenvalue weighted by Gasteiger charge is 2.60. The van der Waals surface area contributed by atoms with Crippen molar-refractivity contribution >= 4 is 29.7 Å². The van der Waals surface area contributed by atoms with Crippen molar-refractivity contribution in [3.63, 3.8) is 0 Å². The minimum Gasteiger partial charge on any atom is -0.453 e. The molecule has 2 fully saturated rings. The van der Waals surface area contributed by atoms with Gasteiger partial charge in [-0.05, 0) is 36.7 Å². The lowest BCUT2D eigenvalue weighted by molar-refractivity contribution is -0.144.